The van der Waals surface area contributed by atoms with Gasteiger partial charge in [-0.1, -0.05) is 18.2 Å². The zero-order valence-corrected chi connectivity index (χ0v) is 19.0. The van der Waals surface area contributed by atoms with E-state index in [1.807, 2.05) is 30.3 Å². The highest BCUT2D eigenvalue weighted by Crippen LogP contribution is 2.39. The highest BCUT2D eigenvalue weighted by Gasteiger charge is 2.35. The standard InChI is InChI=1S/C25H24N6O4/c32-25-18(10-16-11-21-22(35-14-34-21)12-19(16)26-25)23(30-8-7-15-4-1-2-6-20(15)30)24-27-28-29-31(24)13-17-5-3-9-33-17/h1-2,4,6,10-12,17,23H,3,5,7-9,13-14H2,(H,26,32)/t17-,23-/m1/s1. The molecule has 10 heteroatoms. The van der Waals surface area contributed by atoms with Crippen LogP contribution in [0.3, 0.4) is 0 Å². The molecule has 7 rings (SSSR count). The van der Waals surface area contributed by atoms with Gasteiger partial charge in [0.2, 0.25) is 6.79 Å². The van der Waals surface area contributed by atoms with E-state index in [1.165, 1.54) is 5.56 Å². The van der Waals surface area contributed by atoms with E-state index in [1.54, 1.807) is 4.68 Å². The minimum absolute atomic E-state index is 0.0680. The maximum atomic E-state index is 13.5. The van der Waals surface area contributed by atoms with Gasteiger partial charge in [-0.3, -0.25) is 4.79 Å². The van der Waals surface area contributed by atoms with Gasteiger partial charge in [0.1, 0.15) is 6.04 Å². The summed E-state index contributed by atoms with van der Waals surface area (Å²) in [6.07, 6.45) is 2.97. The summed E-state index contributed by atoms with van der Waals surface area (Å²) in [6.45, 7) is 2.24. The number of nitrogens with zero attached hydrogens (tertiary/aromatic N) is 5. The fourth-order valence-corrected chi connectivity index (χ4v) is 5.41. The smallest absolute Gasteiger partial charge is 0.254 e. The quantitative estimate of drug-likeness (QED) is 0.472. The van der Waals surface area contributed by atoms with Crippen LogP contribution in [0.2, 0.25) is 0 Å². The Labute approximate surface area is 200 Å². The van der Waals surface area contributed by atoms with E-state index in [0.717, 1.165) is 43.5 Å². The lowest BCUT2D eigenvalue weighted by molar-refractivity contribution is 0.0924. The first kappa shape index (κ1) is 20.5. The van der Waals surface area contributed by atoms with E-state index in [-0.39, 0.29) is 18.5 Å². The maximum absolute atomic E-state index is 13.5. The van der Waals surface area contributed by atoms with Crippen molar-refractivity contribution < 1.29 is 14.2 Å². The fraction of sp³-hybridized carbons (Fsp3) is 0.360. The van der Waals surface area contributed by atoms with Crippen LogP contribution in [0, 0.1) is 0 Å². The first-order valence-electron chi connectivity index (χ1n) is 11.9. The van der Waals surface area contributed by atoms with Gasteiger partial charge in [0.15, 0.2) is 17.3 Å². The Morgan fingerprint density at radius 2 is 2.03 bits per heavy atom. The molecule has 10 nitrogen and oxygen atoms in total. The molecule has 0 unspecified atom stereocenters. The summed E-state index contributed by atoms with van der Waals surface area (Å²) in [5.41, 5.74) is 3.43. The van der Waals surface area contributed by atoms with Gasteiger partial charge in [-0.15, -0.1) is 5.10 Å². The molecule has 2 aromatic heterocycles. The number of anilines is 1. The van der Waals surface area contributed by atoms with Crippen LogP contribution >= 0.6 is 0 Å². The predicted molar refractivity (Wildman–Crippen MR) is 127 cm³/mol. The summed E-state index contributed by atoms with van der Waals surface area (Å²) in [7, 11) is 0. The highest BCUT2D eigenvalue weighted by atomic mass is 16.7. The number of aromatic nitrogens is 5. The molecule has 1 fully saturated rings. The number of benzene rings is 2. The third-order valence-electron chi connectivity index (χ3n) is 7.10. The van der Waals surface area contributed by atoms with Gasteiger partial charge in [0, 0.05) is 35.9 Å². The van der Waals surface area contributed by atoms with Crippen molar-refractivity contribution >= 4 is 16.6 Å². The van der Waals surface area contributed by atoms with Crippen molar-refractivity contribution in [1.82, 2.24) is 25.2 Å². The Kier molecular flexibility index (Phi) is 4.73. The van der Waals surface area contributed by atoms with Crippen LogP contribution in [0.4, 0.5) is 5.69 Å². The van der Waals surface area contributed by atoms with E-state index in [9.17, 15) is 4.79 Å². The van der Waals surface area contributed by atoms with E-state index < -0.39 is 6.04 Å². The number of fused-ring (bicyclic) bond motifs is 3. The summed E-state index contributed by atoms with van der Waals surface area (Å²) in [6, 6.07) is 13.5. The maximum Gasteiger partial charge on any atom is 0.254 e. The highest BCUT2D eigenvalue weighted by molar-refractivity contribution is 5.83. The van der Waals surface area contributed by atoms with Gasteiger partial charge >= 0.3 is 0 Å². The van der Waals surface area contributed by atoms with Crippen LogP contribution in [0.1, 0.15) is 35.8 Å². The third-order valence-corrected chi connectivity index (χ3v) is 7.10. The molecule has 0 saturated carbocycles. The molecule has 35 heavy (non-hydrogen) atoms. The van der Waals surface area contributed by atoms with Crippen LogP contribution in [0.15, 0.2) is 47.3 Å². The van der Waals surface area contributed by atoms with Gasteiger partial charge in [0.05, 0.1) is 18.2 Å². The number of aromatic amines is 1. The average molecular weight is 473 g/mol. The number of ether oxygens (including phenoxy) is 3. The molecular weight excluding hydrogens is 448 g/mol. The Hall–Kier alpha value is -3.92. The Morgan fingerprint density at radius 3 is 2.91 bits per heavy atom. The van der Waals surface area contributed by atoms with Crippen molar-refractivity contribution in [3.8, 4) is 11.5 Å². The van der Waals surface area contributed by atoms with Crippen molar-refractivity contribution in [2.24, 2.45) is 0 Å². The predicted octanol–water partition coefficient (Wildman–Crippen LogP) is 2.57. The SMILES string of the molecule is O=c1[nH]c2cc3c(cc2cc1[C@H](c1nnnn1C[C@H]1CCCO1)N1CCc2ccccc21)OCO3. The van der Waals surface area contributed by atoms with Gasteiger partial charge in [-0.05, 0) is 53.5 Å². The fourth-order valence-electron chi connectivity index (χ4n) is 5.41. The summed E-state index contributed by atoms with van der Waals surface area (Å²) >= 11 is 0. The molecule has 1 saturated heterocycles. The topological polar surface area (TPSA) is 107 Å². The molecule has 0 amide bonds. The lowest BCUT2D eigenvalue weighted by Gasteiger charge is -2.29. The molecule has 2 atom stereocenters. The summed E-state index contributed by atoms with van der Waals surface area (Å²) in [4.78, 5) is 18.8. The molecule has 2 aromatic carbocycles. The van der Waals surface area contributed by atoms with E-state index in [2.05, 4.69) is 37.5 Å². The molecular formula is C25H24N6O4. The van der Waals surface area contributed by atoms with E-state index in [4.69, 9.17) is 14.2 Å². The van der Waals surface area contributed by atoms with Gasteiger partial charge in [-0.2, -0.15) is 0 Å². The number of H-pyrrole nitrogens is 1. The number of rotatable bonds is 5. The number of pyridine rings is 1. The van der Waals surface area contributed by atoms with Crippen molar-refractivity contribution in [2.45, 2.75) is 38.0 Å². The van der Waals surface area contributed by atoms with Crippen LogP contribution < -0.4 is 19.9 Å². The number of nitrogens with one attached hydrogen (secondary N) is 1. The molecule has 0 spiro atoms. The average Bonchev–Trinajstić information content (AvgIpc) is 3.67. The lowest BCUT2D eigenvalue weighted by atomic mass is 10.0. The molecule has 3 aliphatic rings. The summed E-state index contributed by atoms with van der Waals surface area (Å²) in [5.74, 6) is 1.93. The summed E-state index contributed by atoms with van der Waals surface area (Å²) in [5, 5.41) is 13.6. The monoisotopic (exact) mass is 472 g/mol. The molecule has 5 heterocycles. The van der Waals surface area contributed by atoms with Crippen LogP contribution in [-0.2, 0) is 17.7 Å². The molecule has 3 aliphatic heterocycles. The normalized spacial score (nSPS) is 19.4. The third kappa shape index (κ3) is 3.44. The van der Waals surface area contributed by atoms with Crippen molar-refractivity contribution in [2.75, 3.05) is 24.8 Å². The number of hydrogen-bond donors (Lipinski definition) is 1. The Bertz CT molecular complexity index is 1470. The van der Waals surface area contributed by atoms with Crippen LogP contribution in [0.5, 0.6) is 11.5 Å². The minimum atomic E-state index is -0.464. The van der Waals surface area contributed by atoms with Crippen LogP contribution in [-0.4, -0.2) is 51.2 Å². The van der Waals surface area contributed by atoms with E-state index in [0.29, 0.717) is 34.9 Å². The zero-order chi connectivity index (χ0) is 23.4. The minimum Gasteiger partial charge on any atom is -0.454 e. The molecule has 0 bridgehead atoms. The Morgan fingerprint density at radius 1 is 1.14 bits per heavy atom. The van der Waals surface area contributed by atoms with Crippen LogP contribution in [0.25, 0.3) is 10.9 Å². The second kappa shape index (κ2) is 8.09. The molecule has 178 valence electrons. The molecule has 0 radical (unpaired) electrons. The van der Waals surface area contributed by atoms with Gasteiger partial charge in [0.25, 0.3) is 5.56 Å². The number of tetrazole rings is 1. The first-order chi connectivity index (χ1) is 17.2. The summed E-state index contributed by atoms with van der Waals surface area (Å²) < 4.78 is 18.7. The second-order valence-corrected chi connectivity index (χ2v) is 9.18. The van der Waals surface area contributed by atoms with Crippen molar-refractivity contribution in [3.63, 3.8) is 0 Å². The number of hydrogen-bond acceptors (Lipinski definition) is 8. The van der Waals surface area contributed by atoms with Crippen molar-refractivity contribution in [1.29, 1.82) is 0 Å². The number of para-hydroxylation sites is 1. The second-order valence-electron chi connectivity index (χ2n) is 9.18. The van der Waals surface area contributed by atoms with Gasteiger partial charge < -0.3 is 24.1 Å². The molecule has 4 aromatic rings. The van der Waals surface area contributed by atoms with Crippen molar-refractivity contribution in [3.05, 3.63) is 69.8 Å². The zero-order valence-electron chi connectivity index (χ0n) is 19.0. The van der Waals surface area contributed by atoms with E-state index >= 15 is 0 Å². The Balaban J connectivity index is 1.39. The lowest BCUT2D eigenvalue weighted by Crippen LogP contribution is -2.35. The first-order valence-corrected chi connectivity index (χ1v) is 11.9. The molecule has 1 N–H and O–H groups in total. The largest absolute Gasteiger partial charge is 0.454 e. The molecule has 0 aliphatic carbocycles. The van der Waals surface area contributed by atoms with Gasteiger partial charge in [-0.25, -0.2) is 4.68 Å².